The van der Waals surface area contributed by atoms with Crippen LogP contribution in [0.5, 0.6) is 0 Å². The normalized spacial score (nSPS) is 13.9. The van der Waals surface area contributed by atoms with Gasteiger partial charge >= 0.3 is 0 Å². The minimum absolute atomic E-state index is 0.149. The van der Waals surface area contributed by atoms with E-state index in [-0.39, 0.29) is 5.91 Å². The lowest BCUT2D eigenvalue weighted by molar-refractivity contribution is -0.121. The van der Waals surface area contributed by atoms with E-state index in [9.17, 15) is 4.79 Å². The summed E-state index contributed by atoms with van der Waals surface area (Å²) in [6.07, 6.45) is 6.97. The van der Waals surface area contributed by atoms with Gasteiger partial charge in [0.2, 0.25) is 5.91 Å². The third kappa shape index (κ3) is 4.07. The summed E-state index contributed by atoms with van der Waals surface area (Å²) in [7, 11) is 0. The average Bonchev–Trinajstić information content (AvgIpc) is 3.13. The highest BCUT2D eigenvalue weighted by Gasteiger charge is 2.23. The molecule has 2 aromatic rings. The second-order valence-electron chi connectivity index (χ2n) is 5.67. The molecule has 0 radical (unpaired) electrons. The second-order valence-corrected chi connectivity index (χ2v) is 5.67. The van der Waals surface area contributed by atoms with E-state index in [4.69, 9.17) is 0 Å². The molecule has 2 heterocycles. The van der Waals surface area contributed by atoms with Crippen LogP contribution in [-0.4, -0.2) is 33.5 Å². The highest BCUT2D eigenvalue weighted by Crippen LogP contribution is 2.31. The summed E-state index contributed by atoms with van der Waals surface area (Å²) in [6.45, 7) is 3.13. The summed E-state index contributed by atoms with van der Waals surface area (Å²) in [5.41, 5.74) is 0. The van der Waals surface area contributed by atoms with Crippen molar-refractivity contribution in [3.8, 4) is 5.82 Å². The number of rotatable bonds is 7. The maximum Gasteiger partial charge on any atom is 0.220 e. The van der Waals surface area contributed by atoms with Crippen molar-refractivity contribution in [2.24, 2.45) is 5.92 Å². The Balaban J connectivity index is 1.50. The van der Waals surface area contributed by atoms with Crippen LogP contribution in [0.3, 0.4) is 0 Å². The first kappa shape index (κ1) is 14.6. The number of carbonyl (C=O) groups is 1. The molecule has 3 rings (SSSR count). The Labute approximate surface area is 130 Å². The van der Waals surface area contributed by atoms with E-state index < -0.39 is 0 Å². The summed E-state index contributed by atoms with van der Waals surface area (Å²) < 4.78 is 1.94. The molecule has 0 aliphatic heterocycles. The number of aryl methyl sites for hydroxylation is 1. The summed E-state index contributed by atoms with van der Waals surface area (Å²) >= 11 is 0. The van der Waals surface area contributed by atoms with Gasteiger partial charge in [-0.2, -0.15) is 0 Å². The highest BCUT2D eigenvalue weighted by molar-refractivity contribution is 5.76. The molecular weight excluding hydrogens is 278 g/mol. The molecule has 1 saturated carbocycles. The molecule has 2 aromatic heterocycles. The van der Waals surface area contributed by atoms with Gasteiger partial charge in [0.15, 0.2) is 0 Å². The Morgan fingerprint density at radius 3 is 2.77 bits per heavy atom. The molecule has 1 aliphatic carbocycles. The number of carbonyl (C=O) groups excluding carboxylic acids is 1. The first-order chi connectivity index (χ1) is 10.7. The molecule has 0 spiro atoms. The number of nitrogens with one attached hydrogen (secondary N) is 2. The van der Waals surface area contributed by atoms with Crippen molar-refractivity contribution in [3.63, 3.8) is 0 Å². The molecule has 1 fully saturated rings. The molecule has 22 heavy (non-hydrogen) atoms. The zero-order valence-corrected chi connectivity index (χ0v) is 12.7. The van der Waals surface area contributed by atoms with Crippen molar-refractivity contribution in [3.05, 3.63) is 36.4 Å². The minimum Gasteiger partial charge on any atom is -0.368 e. The predicted octanol–water partition coefficient (Wildman–Crippen LogP) is 1.90. The molecule has 116 valence electrons. The molecular formula is C16H21N5O. The molecule has 0 aromatic carbocycles. The van der Waals surface area contributed by atoms with Crippen LogP contribution in [0.15, 0.2) is 30.6 Å². The number of amides is 1. The Kier molecular flexibility index (Phi) is 4.37. The number of anilines is 1. The molecule has 1 amide bonds. The van der Waals surface area contributed by atoms with Crippen molar-refractivity contribution in [1.82, 2.24) is 19.9 Å². The van der Waals surface area contributed by atoms with Crippen LogP contribution in [0.1, 0.15) is 25.1 Å². The van der Waals surface area contributed by atoms with Crippen LogP contribution in [0.4, 0.5) is 5.82 Å². The lowest BCUT2D eigenvalue weighted by Gasteiger charge is -2.10. The topological polar surface area (TPSA) is 71.8 Å². The Hall–Kier alpha value is -2.37. The third-order valence-electron chi connectivity index (χ3n) is 3.62. The molecule has 0 bridgehead atoms. The zero-order chi connectivity index (χ0) is 15.4. The van der Waals surface area contributed by atoms with Gasteiger partial charge < -0.3 is 15.2 Å². The lowest BCUT2D eigenvalue weighted by Crippen LogP contribution is -2.29. The molecule has 6 heteroatoms. The van der Waals surface area contributed by atoms with Gasteiger partial charge in [-0.25, -0.2) is 9.97 Å². The molecule has 0 saturated heterocycles. The first-order valence-electron chi connectivity index (χ1n) is 7.70. The summed E-state index contributed by atoms with van der Waals surface area (Å²) in [6, 6.07) is 5.82. The van der Waals surface area contributed by atoms with Crippen molar-refractivity contribution >= 4 is 11.7 Å². The SMILES string of the molecule is Cc1nc(NCCNC(=O)CC2CC2)cc(-n2cccc2)n1. The zero-order valence-electron chi connectivity index (χ0n) is 12.7. The fourth-order valence-electron chi connectivity index (χ4n) is 2.31. The Morgan fingerprint density at radius 2 is 2.05 bits per heavy atom. The van der Waals surface area contributed by atoms with Crippen molar-refractivity contribution < 1.29 is 4.79 Å². The van der Waals surface area contributed by atoms with E-state index in [1.54, 1.807) is 0 Å². The lowest BCUT2D eigenvalue weighted by atomic mass is 10.3. The largest absolute Gasteiger partial charge is 0.368 e. The van der Waals surface area contributed by atoms with Crippen LogP contribution in [0.25, 0.3) is 5.82 Å². The fourth-order valence-corrected chi connectivity index (χ4v) is 2.31. The fraction of sp³-hybridized carbons (Fsp3) is 0.438. The predicted molar refractivity (Wildman–Crippen MR) is 84.9 cm³/mol. The average molecular weight is 299 g/mol. The number of hydrogen-bond donors (Lipinski definition) is 2. The van der Waals surface area contributed by atoms with Gasteiger partial charge in [0, 0.05) is 38.0 Å². The van der Waals surface area contributed by atoms with Crippen LogP contribution in [0, 0.1) is 12.8 Å². The Bertz CT molecular complexity index is 634. The van der Waals surface area contributed by atoms with Gasteiger partial charge in [-0.15, -0.1) is 0 Å². The van der Waals surface area contributed by atoms with Gasteiger partial charge in [0.25, 0.3) is 0 Å². The van der Waals surface area contributed by atoms with Crippen molar-refractivity contribution in [1.29, 1.82) is 0 Å². The Morgan fingerprint density at radius 1 is 1.27 bits per heavy atom. The highest BCUT2D eigenvalue weighted by atomic mass is 16.1. The molecule has 0 unspecified atom stereocenters. The van der Waals surface area contributed by atoms with Crippen LogP contribution >= 0.6 is 0 Å². The standard InChI is InChI=1S/C16H21N5O/c1-12-19-14(11-15(20-12)21-8-2-3-9-21)17-6-7-18-16(22)10-13-4-5-13/h2-3,8-9,11,13H,4-7,10H2,1H3,(H,18,22)(H,17,19,20). The van der Waals surface area contributed by atoms with Crippen LogP contribution < -0.4 is 10.6 Å². The van der Waals surface area contributed by atoms with Crippen LogP contribution in [0.2, 0.25) is 0 Å². The second kappa shape index (κ2) is 6.60. The monoisotopic (exact) mass is 299 g/mol. The summed E-state index contributed by atoms with van der Waals surface area (Å²) in [4.78, 5) is 20.4. The van der Waals surface area contributed by atoms with E-state index in [1.165, 1.54) is 12.8 Å². The molecule has 1 aliphatic rings. The van der Waals surface area contributed by atoms with Crippen molar-refractivity contribution in [2.75, 3.05) is 18.4 Å². The number of nitrogens with zero attached hydrogens (tertiary/aromatic N) is 3. The summed E-state index contributed by atoms with van der Waals surface area (Å²) in [5, 5.41) is 6.16. The van der Waals surface area contributed by atoms with Gasteiger partial charge in [-0.1, -0.05) is 0 Å². The first-order valence-corrected chi connectivity index (χ1v) is 7.70. The molecule has 6 nitrogen and oxygen atoms in total. The van der Waals surface area contributed by atoms with Gasteiger partial charge in [0.1, 0.15) is 17.5 Å². The van der Waals surface area contributed by atoms with Gasteiger partial charge in [-0.05, 0) is 37.8 Å². The smallest absolute Gasteiger partial charge is 0.220 e. The maximum absolute atomic E-state index is 11.6. The van der Waals surface area contributed by atoms with E-state index >= 15 is 0 Å². The van der Waals surface area contributed by atoms with Crippen LogP contribution in [-0.2, 0) is 4.79 Å². The quantitative estimate of drug-likeness (QED) is 0.766. The minimum atomic E-state index is 0.149. The van der Waals surface area contributed by atoms with Gasteiger partial charge in [0.05, 0.1) is 0 Å². The maximum atomic E-state index is 11.6. The van der Waals surface area contributed by atoms with Gasteiger partial charge in [-0.3, -0.25) is 4.79 Å². The summed E-state index contributed by atoms with van der Waals surface area (Å²) in [5.74, 6) is 3.09. The molecule has 2 N–H and O–H groups in total. The molecule has 0 atom stereocenters. The van der Waals surface area contributed by atoms with Crippen molar-refractivity contribution in [2.45, 2.75) is 26.2 Å². The number of aromatic nitrogens is 3. The third-order valence-corrected chi connectivity index (χ3v) is 3.62. The van der Waals surface area contributed by atoms with E-state index in [1.807, 2.05) is 42.1 Å². The number of hydrogen-bond acceptors (Lipinski definition) is 4. The van der Waals surface area contributed by atoms with E-state index in [2.05, 4.69) is 20.6 Å². The van der Waals surface area contributed by atoms with E-state index in [0.717, 1.165) is 11.6 Å². The van der Waals surface area contributed by atoms with E-state index in [0.29, 0.717) is 31.3 Å².